The van der Waals surface area contributed by atoms with Gasteiger partial charge in [0.2, 0.25) is 0 Å². The van der Waals surface area contributed by atoms with Crippen molar-refractivity contribution in [2.24, 2.45) is 0 Å². The second-order valence-corrected chi connectivity index (χ2v) is 2.66. The van der Waals surface area contributed by atoms with Crippen LogP contribution in [0.2, 0.25) is 0 Å². The Morgan fingerprint density at radius 1 is 0.923 bits per heavy atom. The summed E-state index contributed by atoms with van der Waals surface area (Å²) in [6.07, 6.45) is 3.41. The quantitative estimate of drug-likeness (QED) is 0.665. The summed E-state index contributed by atoms with van der Waals surface area (Å²) in [5.41, 5.74) is 7.35. The molecule has 1 heterocycles. The number of hydrogen-bond donors (Lipinski definition) is 1. The first-order valence-electron chi connectivity index (χ1n) is 4.00. The third kappa shape index (κ3) is 1.49. The van der Waals surface area contributed by atoms with Crippen molar-refractivity contribution in [2.45, 2.75) is 0 Å². The summed E-state index contributed by atoms with van der Waals surface area (Å²) >= 11 is 0. The van der Waals surface area contributed by atoms with Crippen molar-refractivity contribution in [3.63, 3.8) is 0 Å². The minimum absolute atomic E-state index is 0.667. The fraction of sp³-hybridized carbons (Fsp3) is 0. The van der Waals surface area contributed by atoms with E-state index in [2.05, 4.69) is 9.97 Å². The number of hydrogen-bond acceptors (Lipinski definition) is 3. The highest BCUT2D eigenvalue weighted by atomic mass is 14.9. The van der Waals surface area contributed by atoms with Crippen LogP contribution in [0, 0.1) is 0 Å². The number of rotatable bonds is 1. The van der Waals surface area contributed by atoms with Crippen LogP contribution in [-0.2, 0) is 0 Å². The monoisotopic (exact) mass is 171 g/mol. The molecule has 0 saturated carbocycles. The molecule has 1 aromatic heterocycles. The molecule has 3 nitrogen and oxygen atoms in total. The highest BCUT2D eigenvalue weighted by Gasteiger charge is 2.01. The summed E-state index contributed by atoms with van der Waals surface area (Å²) in [6.45, 7) is 0. The maximum atomic E-state index is 5.77. The van der Waals surface area contributed by atoms with Gasteiger partial charge in [0.1, 0.15) is 0 Å². The van der Waals surface area contributed by atoms with Gasteiger partial charge in [-0.2, -0.15) is 0 Å². The molecule has 0 unspecified atom stereocenters. The molecule has 0 aliphatic rings. The number of para-hydroxylation sites is 1. The molecule has 2 N–H and O–H groups in total. The topological polar surface area (TPSA) is 51.8 Å². The van der Waals surface area contributed by atoms with Crippen LogP contribution >= 0.6 is 0 Å². The van der Waals surface area contributed by atoms with Crippen LogP contribution in [0.4, 0.5) is 5.69 Å². The number of benzene rings is 1. The van der Waals surface area contributed by atoms with E-state index >= 15 is 0 Å². The first-order chi connectivity index (χ1) is 6.38. The lowest BCUT2D eigenvalue weighted by atomic mass is 10.2. The predicted octanol–water partition coefficient (Wildman–Crippen LogP) is 1.73. The molecule has 64 valence electrons. The number of nitrogens with two attached hydrogens (primary N) is 1. The van der Waals surface area contributed by atoms with E-state index in [1.807, 2.05) is 24.3 Å². The fourth-order valence-electron chi connectivity index (χ4n) is 1.14. The van der Waals surface area contributed by atoms with Gasteiger partial charge in [0.05, 0.1) is 0 Å². The Morgan fingerprint density at radius 2 is 1.62 bits per heavy atom. The third-order valence-corrected chi connectivity index (χ3v) is 1.77. The van der Waals surface area contributed by atoms with Gasteiger partial charge in [0.15, 0.2) is 5.82 Å². The summed E-state index contributed by atoms with van der Waals surface area (Å²) in [5.74, 6) is 0.667. The van der Waals surface area contributed by atoms with E-state index in [1.54, 1.807) is 18.5 Å². The molecule has 13 heavy (non-hydrogen) atoms. The van der Waals surface area contributed by atoms with E-state index in [4.69, 9.17) is 5.73 Å². The fourth-order valence-corrected chi connectivity index (χ4v) is 1.14. The van der Waals surface area contributed by atoms with Crippen LogP contribution in [0.3, 0.4) is 0 Å². The van der Waals surface area contributed by atoms with Gasteiger partial charge in [-0.3, -0.25) is 0 Å². The molecular weight excluding hydrogens is 162 g/mol. The van der Waals surface area contributed by atoms with E-state index in [9.17, 15) is 0 Å². The third-order valence-electron chi connectivity index (χ3n) is 1.77. The van der Waals surface area contributed by atoms with Crippen molar-refractivity contribution in [1.29, 1.82) is 0 Å². The lowest BCUT2D eigenvalue weighted by Crippen LogP contribution is -1.92. The molecule has 2 rings (SSSR count). The zero-order valence-electron chi connectivity index (χ0n) is 7.01. The van der Waals surface area contributed by atoms with Gasteiger partial charge in [0.25, 0.3) is 0 Å². The van der Waals surface area contributed by atoms with Crippen LogP contribution < -0.4 is 5.73 Å². The van der Waals surface area contributed by atoms with Crippen molar-refractivity contribution < 1.29 is 0 Å². The molecule has 0 bridgehead atoms. The van der Waals surface area contributed by atoms with E-state index in [-0.39, 0.29) is 0 Å². The molecule has 2 aromatic rings. The molecule has 0 amide bonds. The molecule has 3 heteroatoms. The smallest absolute Gasteiger partial charge is 0.161 e. The molecule has 0 aliphatic carbocycles. The van der Waals surface area contributed by atoms with Crippen LogP contribution in [-0.4, -0.2) is 9.97 Å². The SMILES string of the molecule is Nc1ccccc1-c1ncccn1. The Hall–Kier alpha value is -1.90. The van der Waals surface area contributed by atoms with Crippen molar-refractivity contribution in [3.05, 3.63) is 42.7 Å². The van der Waals surface area contributed by atoms with E-state index in [0.29, 0.717) is 11.5 Å². The minimum Gasteiger partial charge on any atom is -0.398 e. The number of aromatic nitrogens is 2. The Kier molecular flexibility index (Phi) is 1.92. The van der Waals surface area contributed by atoms with E-state index in [0.717, 1.165) is 5.56 Å². The zero-order chi connectivity index (χ0) is 9.10. The number of nitrogens with zero attached hydrogens (tertiary/aromatic N) is 2. The standard InChI is InChI=1S/C10H9N3/c11-9-5-2-1-4-8(9)10-12-6-3-7-13-10/h1-7H,11H2. The van der Waals surface area contributed by atoms with Crippen LogP contribution in [0.15, 0.2) is 42.7 Å². The first-order valence-corrected chi connectivity index (χ1v) is 4.00. The zero-order valence-corrected chi connectivity index (χ0v) is 7.01. The lowest BCUT2D eigenvalue weighted by Gasteiger charge is -2.01. The first kappa shape index (κ1) is 7.73. The highest BCUT2D eigenvalue weighted by molar-refractivity contribution is 5.70. The molecule has 0 atom stereocenters. The Labute approximate surface area is 76.3 Å². The second kappa shape index (κ2) is 3.23. The Bertz CT molecular complexity index is 398. The van der Waals surface area contributed by atoms with E-state index < -0.39 is 0 Å². The van der Waals surface area contributed by atoms with Gasteiger partial charge in [-0.05, 0) is 18.2 Å². The second-order valence-electron chi connectivity index (χ2n) is 2.66. The van der Waals surface area contributed by atoms with Crippen molar-refractivity contribution in [3.8, 4) is 11.4 Å². The van der Waals surface area contributed by atoms with Crippen LogP contribution in [0.5, 0.6) is 0 Å². The number of nitrogen functional groups attached to an aromatic ring is 1. The molecule has 1 aromatic carbocycles. The number of anilines is 1. The predicted molar refractivity (Wildman–Crippen MR) is 51.9 cm³/mol. The lowest BCUT2D eigenvalue weighted by molar-refractivity contribution is 1.18. The summed E-state index contributed by atoms with van der Waals surface area (Å²) in [4.78, 5) is 8.24. The molecular formula is C10H9N3. The van der Waals surface area contributed by atoms with Gasteiger partial charge in [0, 0.05) is 23.6 Å². The van der Waals surface area contributed by atoms with E-state index in [1.165, 1.54) is 0 Å². The Balaban J connectivity index is 2.54. The Morgan fingerprint density at radius 3 is 2.31 bits per heavy atom. The van der Waals surface area contributed by atoms with Crippen molar-refractivity contribution >= 4 is 5.69 Å². The maximum absolute atomic E-state index is 5.77. The average molecular weight is 171 g/mol. The summed E-state index contributed by atoms with van der Waals surface area (Å²) in [5, 5.41) is 0. The molecule has 0 aliphatic heterocycles. The van der Waals surface area contributed by atoms with Crippen LogP contribution in [0.25, 0.3) is 11.4 Å². The van der Waals surface area contributed by atoms with Gasteiger partial charge in [-0.1, -0.05) is 12.1 Å². The van der Waals surface area contributed by atoms with Gasteiger partial charge in [-0.15, -0.1) is 0 Å². The molecule has 0 spiro atoms. The maximum Gasteiger partial charge on any atom is 0.161 e. The van der Waals surface area contributed by atoms with Crippen LogP contribution in [0.1, 0.15) is 0 Å². The van der Waals surface area contributed by atoms with Gasteiger partial charge in [-0.25, -0.2) is 9.97 Å². The summed E-state index contributed by atoms with van der Waals surface area (Å²) in [7, 11) is 0. The average Bonchev–Trinajstić information content (AvgIpc) is 2.20. The molecule has 0 fully saturated rings. The normalized spacial score (nSPS) is 9.85. The van der Waals surface area contributed by atoms with Gasteiger partial charge >= 0.3 is 0 Å². The minimum atomic E-state index is 0.667. The van der Waals surface area contributed by atoms with Crippen molar-refractivity contribution in [2.75, 3.05) is 5.73 Å². The van der Waals surface area contributed by atoms with Gasteiger partial charge < -0.3 is 5.73 Å². The van der Waals surface area contributed by atoms with Crippen molar-refractivity contribution in [1.82, 2.24) is 9.97 Å². The summed E-state index contributed by atoms with van der Waals surface area (Å²) in [6, 6.07) is 9.34. The highest BCUT2D eigenvalue weighted by Crippen LogP contribution is 2.20. The summed E-state index contributed by atoms with van der Waals surface area (Å²) < 4.78 is 0. The molecule has 0 saturated heterocycles. The largest absolute Gasteiger partial charge is 0.398 e. The molecule has 0 radical (unpaired) electrons.